The molecule has 0 heterocycles. The molecular formula is C14H14BrFN2O2S. The lowest BCUT2D eigenvalue weighted by atomic mass is 10.2. The molecule has 0 aliphatic carbocycles. The van der Waals surface area contributed by atoms with Crippen LogP contribution in [-0.2, 0) is 10.0 Å². The molecule has 0 saturated carbocycles. The zero-order valence-electron chi connectivity index (χ0n) is 11.4. The van der Waals surface area contributed by atoms with Crippen molar-refractivity contribution in [3.05, 3.63) is 51.7 Å². The molecule has 2 aromatic carbocycles. The van der Waals surface area contributed by atoms with E-state index in [1.807, 2.05) is 0 Å². The van der Waals surface area contributed by atoms with E-state index in [-0.39, 0.29) is 11.3 Å². The van der Waals surface area contributed by atoms with Crippen LogP contribution in [0.4, 0.5) is 15.8 Å². The molecule has 21 heavy (non-hydrogen) atoms. The van der Waals surface area contributed by atoms with Crippen molar-refractivity contribution >= 4 is 37.3 Å². The van der Waals surface area contributed by atoms with Crippen LogP contribution >= 0.6 is 15.9 Å². The van der Waals surface area contributed by atoms with E-state index in [2.05, 4.69) is 20.7 Å². The van der Waals surface area contributed by atoms with Gasteiger partial charge < -0.3 is 5.73 Å². The monoisotopic (exact) mass is 372 g/mol. The Morgan fingerprint density at radius 3 is 2.43 bits per heavy atom. The number of hydrogen-bond acceptors (Lipinski definition) is 3. The minimum atomic E-state index is -4.04. The summed E-state index contributed by atoms with van der Waals surface area (Å²) in [4.78, 5) is -0.456. The molecule has 0 spiro atoms. The van der Waals surface area contributed by atoms with Crippen molar-refractivity contribution in [2.75, 3.05) is 10.5 Å². The molecule has 7 heteroatoms. The summed E-state index contributed by atoms with van der Waals surface area (Å²) in [5, 5.41) is 0. The van der Waals surface area contributed by atoms with Gasteiger partial charge in [-0.15, -0.1) is 0 Å². The Kier molecular flexibility index (Phi) is 4.25. The second kappa shape index (κ2) is 5.65. The van der Waals surface area contributed by atoms with E-state index >= 15 is 0 Å². The number of nitrogens with two attached hydrogens (primary N) is 1. The minimum Gasteiger partial charge on any atom is -0.399 e. The molecule has 0 aliphatic heterocycles. The van der Waals surface area contributed by atoms with Gasteiger partial charge in [0.05, 0.1) is 5.69 Å². The van der Waals surface area contributed by atoms with Crippen molar-refractivity contribution in [2.24, 2.45) is 0 Å². The highest BCUT2D eigenvalue weighted by molar-refractivity contribution is 9.10. The summed E-state index contributed by atoms with van der Waals surface area (Å²) < 4.78 is 42.0. The smallest absolute Gasteiger partial charge is 0.264 e. The number of nitrogen functional groups attached to an aromatic ring is 1. The van der Waals surface area contributed by atoms with Crippen molar-refractivity contribution < 1.29 is 12.8 Å². The van der Waals surface area contributed by atoms with Gasteiger partial charge in [0, 0.05) is 10.2 Å². The minimum absolute atomic E-state index is 0.183. The maximum atomic E-state index is 14.1. The highest BCUT2D eigenvalue weighted by Gasteiger charge is 2.22. The normalized spacial score (nSPS) is 11.4. The average Bonchev–Trinajstić information content (AvgIpc) is 2.37. The van der Waals surface area contributed by atoms with Gasteiger partial charge in [-0.25, -0.2) is 12.8 Å². The van der Waals surface area contributed by atoms with Crippen molar-refractivity contribution in [1.29, 1.82) is 0 Å². The highest BCUT2D eigenvalue weighted by atomic mass is 79.9. The third-order valence-electron chi connectivity index (χ3n) is 2.97. The van der Waals surface area contributed by atoms with Crippen LogP contribution in [0.2, 0.25) is 0 Å². The number of aryl methyl sites for hydroxylation is 2. The topological polar surface area (TPSA) is 72.2 Å². The van der Waals surface area contributed by atoms with Crippen molar-refractivity contribution in [3.8, 4) is 0 Å². The summed E-state index contributed by atoms with van der Waals surface area (Å²) in [7, 11) is -4.04. The molecule has 2 aromatic rings. The van der Waals surface area contributed by atoms with Gasteiger partial charge in [-0.3, -0.25) is 4.72 Å². The third-order valence-corrected chi connectivity index (χ3v) is 4.82. The van der Waals surface area contributed by atoms with E-state index in [1.165, 1.54) is 13.0 Å². The van der Waals surface area contributed by atoms with Gasteiger partial charge in [0.1, 0.15) is 10.7 Å². The summed E-state index contributed by atoms with van der Waals surface area (Å²) in [5.74, 6) is -0.800. The van der Waals surface area contributed by atoms with Gasteiger partial charge in [-0.1, -0.05) is 15.9 Å². The standard InChI is InChI=1S/C14H14BrFN2O2S/c1-8-5-10(15)3-4-12(8)18-21(19,20)13-7-11(17)6-9(2)14(13)16/h3-7,18H,17H2,1-2H3. The van der Waals surface area contributed by atoms with Crippen LogP contribution in [-0.4, -0.2) is 8.42 Å². The maximum absolute atomic E-state index is 14.1. The van der Waals surface area contributed by atoms with Crippen LogP contribution in [0.25, 0.3) is 0 Å². The predicted molar refractivity (Wildman–Crippen MR) is 85.2 cm³/mol. The Bertz CT molecular complexity index is 807. The lowest BCUT2D eigenvalue weighted by Gasteiger charge is -2.13. The first-order valence-corrected chi connectivity index (χ1v) is 8.33. The fourth-order valence-electron chi connectivity index (χ4n) is 1.90. The Hall–Kier alpha value is -1.60. The molecule has 0 aliphatic rings. The van der Waals surface area contributed by atoms with Crippen molar-refractivity contribution in [1.82, 2.24) is 0 Å². The average molecular weight is 373 g/mol. The van der Waals surface area contributed by atoms with Gasteiger partial charge >= 0.3 is 0 Å². The molecule has 0 radical (unpaired) electrons. The van der Waals surface area contributed by atoms with Crippen molar-refractivity contribution in [3.63, 3.8) is 0 Å². The first-order valence-electron chi connectivity index (χ1n) is 6.05. The van der Waals surface area contributed by atoms with E-state index in [4.69, 9.17) is 5.73 Å². The molecule has 4 nitrogen and oxygen atoms in total. The Labute approximate surface area is 131 Å². The Morgan fingerprint density at radius 1 is 1.14 bits per heavy atom. The van der Waals surface area contributed by atoms with E-state index < -0.39 is 20.7 Å². The number of sulfonamides is 1. The van der Waals surface area contributed by atoms with Gasteiger partial charge in [-0.05, 0) is 55.3 Å². The molecular weight excluding hydrogens is 359 g/mol. The molecule has 2 rings (SSSR count). The second-order valence-corrected chi connectivity index (χ2v) is 7.28. The summed E-state index contributed by atoms with van der Waals surface area (Å²) in [6, 6.07) is 7.57. The van der Waals surface area contributed by atoms with E-state index in [0.29, 0.717) is 11.3 Å². The fraction of sp³-hybridized carbons (Fsp3) is 0.143. The first kappa shape index (κ1) is 15.8. The van der Waals surface area contributed by atoms with E-state index in [0.717, 1.165) is 10.5 Å². The maximum Gasteiger partial charge on any atom is 0.264 e. The zero-order chi connectivity index (χ0) is 15.8. The lowest BCUT2D eigenvalue weighted by molar-refractivity contribution is 0.565. The molecule has 0 atom stereocenters. The summed E-state index contributed by atoms with van der Waals surface area (Å²) in [6.45, 7) is 3.22. The molecule has 0 bridgehead atoms. The number of benzene rings is 2. The zero-order valence-corrected chi connectivity index (χ0v) is 13.8. The van der Waals surface area contributed by atoms with Crippen LogP contribution in [0.5, 0.6) is 0 Å². The Morgan fingerprint density at radius 2 is 1.81 bits per heavy atom. The van der Waals surface area contributed by atoms with Crippen LogP contribution < -0.4 is 10.5 Å². The van der Waals surface area contributed by atoms with E-state index in [1.54, 1.807) is 25.1 Å². The molecule has 0 fully saturated rings. The summed E-state index contributed by atoms with van der Waals surface area (Å²) >= 11 is 3.30. The SMILES string of the molecule is Cc1cc(Br)ccc1NS(=O)(=O)c1cc(N)cc(C)c1F. The molecule has 0 unspecified atom stereocenters. The van der Waals surface area contributed by atoms with Crippen LogP contribution in [0, 0.1) is 19.7 Å². The van der Waals surface area contributed by atoms with Crippen LogP contribution in [0.1, 0.15) is 11.1 Å². The fourth-order valence-corrected chi connectivity index (χ4v) is 3.69. The molecule has 0 aromatic heterocycles. The molecule has 112 valence electrons. The van der Waals surface area contributed by atoms with Gasteiger partial charge in [0.15, 0.2) is 0 Å². The second-order valence-electron chi connectivity index (χ2n) is 4.71. The van der Waals surface area contributed by atoms with Crippen LogP contribution in [0.15, 0.2) is 39.7 Å². The molecule has 0 amide bonds. The van der Waals surface area contributed by atoms with Gasteiger partial charge in [0.25, 0.3) is 10.0 Å². The quantitative estimate of drug-likeness (QED) is 0.808. The lowest BCUT2D eigenvalue weighted by Crippen LogP contribution is -2.16. The molecule has 3 N–H and O–H groups in total. The van der Waals surface area contributed by atoms with Gasteiger partial charge in [0.2, 0.25) is 0 Å². The summed E-state index contributed by atoms with van der Waals surface area (Å²) in [5.41, 5.74) is 7.09. The number of nitrogens with one attached hydrogen (secondary N) is 1. The van der Waals surface area contributed by atoms with Crippen molar-refractivity contribution in [2.45, 2.75) is 18.7 Å². The number of halogens is 2. The first-order chi connectivity index (χ1) is 9.70. The van der Waals surface area contributed by atoms with E-state index in [9.17, 15) is 12.8 Å². The third kappa shape index (κ3) is 3.36. The summed E-state index contributed by atoms with van der Waals surface area (Å²) in [6.07, 6.45) is 0. The number of hydrogen-bond donors (Lipinski definition) is 2. The largest absolute Gasteiger partial charge is 0.399 e. The molecule has 0 saturated heterocycles. The van der Waals surface area contributed by atoms with Gasteiger partial charge in [-0.2, -0.15) is 0 Å². The number of anilines is 2. The van der Waals surface area contributed by atoms with Crippen LogP contribution in [0.3, 0.4) is 0 Å². The Balaban J connectivity index is 2.48. The predicted octanol–water partition coefficient (Wildman–Crippen LogP) is 3.59. The highest BCUT2D eigenvalue weighted by Crippen LogP contribution is 2.26. The number of rotatable bonds is 3.